The van der Waals surface area contributed by atoms with Gasteiger partial charge in [0.2, 0.25) is 0 Å². The molecule has 19 heavy (non-hydrogen) atoms. The van der Waals surface area contributed by atoms with E-state index in [2.05, 4.69) is 29.3 Å². The van der Waals surface area contributed by atoms with E-state index in [4.69, 9.17) is 4.74 Å². The second-order valence-electron chi connectivity index (χ2n) is 5.19. The van der Waals surface area contributed by atoms with Crippen LogP contribution in [0.4, 0.5) is 0 Å². The molecule has 1 heterocycles. The zero-order chi connectivity index (χ0) is 13.5. The largest absolute Gasteiger partial charge is 0.464 e. The maximum atomic E-state index is 12.4. The average Bonchev–Trinajstić information content (AvgIpc) is 2.93. The SMILES string of the molecule is CCOC(=O)[C@]12Cc3ccccc3[C@H]1[C@@H](CC)N=N2. The predicted octanol–water partition coefficient (Wildman–Crippen LogP) is 2.87. The summed E-state index contributed by atoms with van der Waals surface area (Å²) in [6.45, 7) is 4.30. The molecule has 4 heteroatoms. The summed E-state index contributed by atoms with van der Waals surface area (Å²) >= 11 is 0. The molecule has 0 spiro atoms. The van der Waals surface area contributed by atoms with Crippen molar-refractivity contribution in [2.75, 3.05) is 6.61 Å². The van der Waals surface area contributed by atoms with Crippen molar-refractivity contribution in [1.29, 1.82) is 0 Å². The Morgan fingerprint density at radius 2 is 2.21 bits per heavy atom. The highest BCUT2D eigenvalue weighted by Crippen LogP contribution is 2.51. The van der Waals surface area contributed by atoms with Crippen molar-refractivity contribution in [2.45, 2.75) is 44.2 Å². The monoisotopic (exact) mass is 258 g/mol. The van der Waals surface area contributed by atoms with Crippen LogP contribution >= 0.6 is 0 Å². The molecule has 0 amide bonds. The van der Waals surface area contributed by atoms with Gasteiger partial charge in [-0.2, -0.15) is 10.2 Å². The predicted molar refractivity (Wildman–Crippen MR) is 71.2 cm³/mol. The second-order valence-corrected chi connectivity index (χ2v) is 5.19. The van der Waals surface area contributed by atoms with Gasteiger partial charge < -0.3 is 4.74 Å². The molecular weight excluding hydrogens is 240 g/mol. The van der Waals surface area contributed by atoms with E-state index in [-0.39, 0.29) is 17.9 Å². The van der Waals surface area contributed by atoms with Gasteiger partial charge in [0.05, 0.1) is 12.6 Å². The normalized spacial score (nSPS) is 31.1. The fraction of sp³-hybridized carbons (Fsp3) is 0.533. The topological polar surface area (TPSA) is 51.0 Å². The van der Waals surface area contributed by atoms with Crippen molar-refractivity contribution < 1.29 is 9.53 Å². The quantitative estimate of drug-likeness (QED) is 0.783. The van der Waals surface area contributed by atoms with E-state index >= 15 is 0 Å². The van der Waals surface area contributed by atoms with Crippen molar-refractivity contribution >= 4 is 5.97 Å². The van der Waals surface area contributed by atoms with Crippen LogP contribution in [-0.2, 0) is 16.0 Å². The van der Waals surface area contributed by atoms with Gasteiger partial charge in [-0.15, -0.1) is 0 Å². The lowest BCUT2D eigenvalue weighted by atomic mass is 9.81. The molecule has 100 valence electrons. The molecule has 0 fully saturated rings. The molecule has 1 aromatic carbocycles. The molecule has 0 saturated heterocycles. The number of ether oxygens (including phenoxy) is 1. The Kier molecular flexibility index (Phi) is 2.88. The van der Waals surface area contributed by atoms with E-state index in [9.17, 15) is 4.79 Å². The molecule has 0 N–H and O–H groups in total. The van der Waals surface area contributed by atoms with E-state index < -0.39 is 5.54 Å². The fourth-order valence-electron chi connectivity index (χ4n) is 3.34. The summed E-state index contributed by atoms with van der Waals surface area (Å²) in [6.07, 6.45) is 1.51. The van der Waals surface area contributed by atoms with Crippen molar-refractivity contribution in [3.05, 3.63) is 35.4 Å². The molecule has 0 aromatic heterocycles. The van der Waals surface area contributed by atoms with Gasteiger partial charge in [-0.1, -0.05) is 31.2 Å². The van der Waals surface area contributed by atoms with Crippen LogP contribution in [0, 0.1) is 0 Å². The van der Waals surface area contributed by atoms with E-state index in [1.54, 1.807) is 0 Å². The first kappa shape index (κ1) is 12.3. The number of fused-ring (bicyclic) bond motifs is 3. The second kappa shape index (κ2) is 4.44. The summed E-state index contributed by atoms with van der Waals surface area (Å²) < 4.78 is 5.26. The van der Waals surface area contributed by atoms with E-state index in [1.807, 2.05) is 19.1 Å². The van der Waals surface area contributed by atoms with Crippen LogP contribution in [0.5, 0.6) is 0 Å². The van der Waals surface area contributed by atoms with Crippen LogP contribution in [-0.4, -0.2) is 24.2 Å². The molecule has 1 aromatic rings. The van der Waals surface area contributed by atoms with Crippen LogP contribution in [0.1, 0.15) is 37.3 Å². The van der Waals surface area contributed by atoms with Gasteiger partial charge >= 0.3 is 5.97 Å². The average molecular weight is 258 g/mol. The highest BCUT2D eigenvalue weighted by Gasteiger charge is 2.59. The molecule has 3 atom stereocenters. The van der Waals surface area contributed by atoms with Crippen molar-refractivity contribution in [1.82, 2.24) is 0 Å². The van der Waals surface area contributed by atoms with Gasteiger partial charge in [-0.3, -0.25) is 0 Å². The summed E-state index contributed by atoms with van der Waals surface area (Å²) in [6, 6.07) is 8.30. The molecule has 0 bridgehead atoms. The Morgan fingerprint density at radius 3 is 2.95 bits per heavy atom. The third kappa shape index (κ3) is 1.62. The Morgan fingerprint density at radius 1 is 1.42 bits per heavy atom. The third-order valence-corrected chi connectivity index (χ3v) is 4.18. The third-order valence-electron chi connectivity index (χ3n) is 4.18. The number of carbonyl (C=O) groups excluding carboxylic acids is 1. The Balaban J connectivity index is 2.06. The van der Waals surface area contributed by atoms with E-state index in [0.717, 1.165) is 6.42 Å². The zero-order valence-electron chi connectivity index (χ0n) is 11.3. The molecule has 4 nitrogen and oxygen atoms in total. The zero-order valence-corrected chi connectivity index (χ0v) is 11.3. The minimum atomic E-state index is -0.805. The lowest BCUT2D eigenvalue weighted by Gasteiger charge is -2.25. The maximum absolute atomic E-state index is 12.4. The standard InChI is InChI=1S/C15H18N2O2/c1-3-12-13-11-8-6-5-7-10(11)9-15(13,17-16-12)14(18)19-4-2/h5-8,12-13H,3-4,9H2,1-2H3/t12-,13+,15+/m1/s1. The van der Waals surface area contributed by atoms with E-state index in [1.165, 1.54) is 11.1 Å². The first-order chi connectivity index (χ1) is 9.23. The lowest BCUT2D eigenvalue weighted by Crippen LogP contribution is -2.42. The Bertz CT molecular complexity index is 541. The van der Waals surface area contributed by atoms with Crippen LogP contribution in [0.2, 0.25) is 0 Å². The molecule has 2 aliphatic rings. The first-order valence-corrected chi connectivity index (χ1v) is 6.90. The molecule has 0 saturated carbocycles. The molecule has 0 unspecified atom stereocenters. The van der Waals surface area contributed by atoms with Crippen molar-refractivity contribution in [3.8, 4) is 0 Å². The number of benzene rings is 1. The van der Waals surface area contributed by atoms with E-state index in [0.29, 0.717) is 13.0 Å². The summed E-state index contributed by atoms with van der Waals surface area (Å²) in [7, 11) is 0. The highest BCUT2D eigenvalue weighted by molar-refractivity contribution is 5.85. The van der Waals surface area contributed by atoms with Gasteiger partial charge in [0.1, 0.15) is 0 Å². The van der Waals surface area contributed by atoms with Gasteiger partial charge in [0.15, 0.2) is 5.54 Å². The molecule has 1 aliphatic heterocycles. The molecule has 0 radical (unpaired) electrons. The Labute approximate surface area is 112 Å². The summed E-state index contributed by atoms with van der Waals surface area (Å²) in [4.78, 5) is 12.4. The number of esters is 1. The fourth-order valence-corrected chi connectivity index (χ4v) is 3.34. The minimum absolute atomic E-state index is 0.0488. The number of hydrogen-bond acceptors (Lipinski definition) is 4. The summed E-state index contributed by atoms with van der Waals surface area (Å²) in [5.74, 6) is -0.177. The lowest BCUT2D eigenvalue weighted by molar-refractivity contribution is -0.149. The van der Waals surface area contributed by atoms with Gasteiger partial charge in [0, 0.05) is 12.3 Å². The van der Waals surface area contributed by atoms with Crippen LogP contribution in [0.25, 0.3) is 0 Å². The molecule has 3 rings (SSSR count). The van der Waals surface area contributed by atoms with Gasteiger partial charge in [-0.25, -0.2) is 4.79 Å². The molecular formula is C15H18N2O2. The highest BCUT2D eigenvalue weighted by atomic mass is 16.5. The number of rotatable bonds is 3. The summed E-state index contributed by atoms with van der Waals surface area (Å²) in [5.41, 5.74) is 1.62. The van der Waals surface area contributed by atoms with Gasteiger partial charge in [-0.05, 0) is 24.5 Å². The van der Waals surface area contributed by atoms with Gasteiger partial charge in [0.25, 0.3) is 0 Å². The van der Waals surface area contributed by atoms with Crippen LogP contribution in [0.3, 0.4) is 0 Å². The minimum Gasteiger partial charge on any atom is -0.464 e. The number of hydrogen-bond donors (Lipinski definition) is 0. The number of nitrogens with zero attached hydrogens (tertiary/aromatic N) is 2. The number of carbonyl (C=O) groups is 1. The summed E-state index contributed by atoms with van der Waals surface area (Å²) in [5, 5.41) is 8.70. The molecule has 1 aliphatic carbocycles. The first-order valence-electron chi connectivity index (χ1n) is 6.90. The van der Waals surface area contributed by atoms with Crippen molar-refractivity contribution in [3.63, 3.8) is 0 Å². The van der Waals surface area contributed by atoms with Crippen molar-refractivity contribution in [2.24, 2.45) is 10.2 Å². The number of azo groups is 1. The maximum Gasteiger partial charge on any atom is 0.337 e. The van der Waals surface area contributed by atoms with Crippen LogP contribution < -0.4 is 0 Å². The smallest absolute Gasteiger partial charge is 0.337 e. The Hall–Kier alpha value is -1.71. The van der Waals surface area contributed by atoms with Crippen LogP contribution in [0.15, 0.2) is 34.5 Å².